The van der Waals surface area contributed by atoms with E-state index < -0.39 is 0 Å². The molecule has 110 valence electrons. The molecule has 0 aliphatic heterocycles. The lowest BCUT2D eigenvalue weighted by molar-refractivity contribution is -0.118. The van der Waals surface area contributed by atoms with Crippen molar-refractivity contribution in [1.82, 2.24) is 0 Å². The van der Waals surface area contributed by atoms with Gasteiger partial charge in [-0.3, -0.25) is 4.79 Å². The van der Waals surface area contributed by atoms with Gasteiger partial charge < -0.3 is 4.90 Å². The average molecular weight is 289 g/mol. The zero-order valence-corrected chi connectivity index (χ0v) is 11.9. The van der Waals surface area contributed by atoms with Crippen LogP contribution in [0.4, 0.5) is 14.5 Å². The van der Waals surface area contributed by atoms with E-state index in [0.717, 1.165) is 5.56 Å². The van der Waals surface area contributed by atoms with Crippen molar-refractivity contribution in [3.8, 4) is 0 Å². The summed E-state index contributed by atoms with van der Waals surface area (Å²) >= 11 is 0. The van der Waals surface area contributed by atoms with Gasteiger partial charge in [-0.1, -0.05) is 12.1 Å². The third-order valence-electron chi connectivity index (χ3n) is 3.27. The van der Waals surface area contributed by atoms with E-state index in [2.05, 4.69) is 0 Å². The molecule has 1 amide bonds. The number of aryl methyl sites for hydroxylation is 1. The van der Waals surface area contributed by atoms with Gasteiger partial charge in [0.05, 0.1) is 0 Å². The first kappa shape index (κ1) is 15.2. The SMILES string of the molecule is CCN(C(=O)CCc1cccc(F)c1)c1ccc(F)cc1. The molecule has 2 rings (SSSR count). The highest BCUT2D eigenvalue weighted by molar-refractivity contribution is 5.93. The maximum Gasteiger partial charge on any atom is 0.227 e. The highest BCUT2D eigenvalue weighted by Crippen LogP contribution is 2.16. The highest BCUT2D eigenvalue weighted by atomic mass is 19.1. The summed E-state index contributed by atoms with van der Waals surface area (Å²) in [5.74, 6) is -0.693. The summed E-state index contributed by atoms with van der Waals surface area (Å²) in [7, 11) is 0. The summed E-state index contributed by atoms with van der Waals surface area (Å²) in [6, 6.07) is 12.1. The van der Waals surface area contributed by atoms with Crippen molar-refractivity contribution < 1.29 is 13.6 Å². The Labute approximate surface area is 123 Å². The number of nitrogens with zero attached hydrogens (tertiary/aromatic N) is 1. The van der Waals surface area contributed by atoms with E-state index in [-0.39, 0.29) is 24.0 Å². The first-order chi connectivity index (χ1) is 10.1. The summed E-state index contributed by atoms with van der Waals surface area (Å²) in [5, 5.41) is 0. The lowest BCUT2D eigenvalue weighted by Gasteiger charge is -2.21. The van der Waals surface area contributed by atoms with E-state index in [4.69, 9.17) is 0 Å². The second-order valence-electron chi connectivity index (χ2n) is 4.74. The van der Waals surface area contributed by atoms with E-state index in [1.54, 1.807) is 29.2 Å². The molecule has 0 unspecified atom stereocenters. The van der Waals surface area contributed by atoms with Crippen LogP contribution in [-0.4, -0.2) is 12.5 Å². The van der Waals surface area contributed by atoms with Gasteiger partial charge in [-0.05, 0) is 55.3 Å². The maximum atomic E-state index is 13.1. The molecule has 0 saturated carbocycles. The zero-order chi connectivity index (χ0) is 15.2. The van der Waals surface area contributed by atoms with Gasteiger partial charge in [0.15, 0.2) is 0 Å². The number of halogens is 2. The Morgan fingerprint density at radius 3 is 2.38 bits per heavy atom. The van der Waals surface area contributed by atoms with E-state index in [1.807, 2.05) is 6.92 Å². The summed E-state index contributed by atoms with van der Waals surface area (Å²) in [6.45, 7) is 2.37. The van der Waals surface area contributed by atoms with Crippen molar-refractivity contribution in [2.24, 2.45) is 0 Å². The molecule has 0 bridgehead atoms. The van der Waals surface area contributed by atoms with E-state index in [9.17, 15) is 13.6 Å². The predicted octanol–water partition coefficient (Wildman–Crippen LogP) is 3.95. The molecule has 0 spiro atoms. The second kappa shape index (κ2) is 6.97. The topological polar surface area (TPSA) is 20.3 Å². The van der Waals surface area contributed by atoms with Gasteiger partial charge in [0, 0.05) is 18.7 Å². The van der Waals surface area contributed by atoms with Crippen LogP contribution in [0, 0.1) is 11.6 Å². The minimum absolute atomic E-state index is 0.0617. The van der Waals surface area contributed by atoms with Gasteiger partial charge in [0.1, 0.15) is 11.6 Å². The van der Waals surface area contributed by atoms with Gasteiger partial charge in [-0.15, -0.1) is 0 Å². The van der Waals surface area contributed by atoms with Crippen LogP contribution in [0.1, 0.15) is 18.9 Å². The van der Waals surface area contributed by atoms with Crippen molar-refractivity contribution in [2.75, 3.05) is 11.4 Å². The molecule has 0 fully saturated rings. The van der Waals surface area contributed by atoms with Crippen LogP contribution in [-0.2, 0) is 11.2 Å². The van der Waals surface area contributed by atoms with Gasteiger partial charge >= 0.3 is 0 Å². The van der Waals surface area contributed by atoms with Crippen molar-refractivity contribution in [3.05, 3.63) is 65.7 Å². The van der Waals surface area contributed by atoms with Crippen molar-refractivity contribution in [3.63, 3.8) is 0 Å². The minimum atomic E-state index is -0.331. The number of benzene rings is 2. The predicted molar refractivity (Wildman–Crippen MR) is 79.1 cm³/mol. The first-order valence-electron chi connectivity index (χ1n) is 6.90. The first-order valence-corrected chi connectivity index (χ1v) is 6.90. The molecule has 0 radical (unpaired) electrons. The summed E-state index contributed by atoms with van der Waals surface area (Å²) in [4.78, 5) is 13.9. The van der Waals surface area contributed by atoms with Crippen LogP contribution in [0.25, 0.3) is 0 Å². The maximum absolute atomic E-state index is 13.1. The zero-order valence-electron chi connectivity index (χ0n) is 11.9. The molecule has 2 nitrogen and oxygen atoms in total. The Balaban J connectivity index is 2.02. The Kier molecular flexibility index (Phi) is 5.04. The molecule has 0 heterocycles. The Morgan fingerprint density at radius 1 is 1.05 bits per heavy atom. The molecule has 0 aromatic heterocycles. The molecule has 0 aliphatic carbocycles. The Morgan fingerprint density at radius 2 is 1.76 bits per heavy atom. The Bertz CT molecular complexity index is 610. The third kappa shape index (κ3) is 4.12. The molecule has 2 aromatic carbocycles. The fourth-order valence-electron chi connectivity index (χ4n) is 2.20. The number of anilines is 1. The van der Waals surface area contributed by atoms with Gasteiger partial charge in [-0.2, -0.15) is 0 Å². The number of rotatable bonds is 5. The standard InChI is InChI=1S/C17H17F2NO/c1-2-20(16-9-7-14(18)8-10-16)17(21)11-6-13-4-3-5-15(19)12-13/h3-5,7-10,12H,2,6,11H2,1H3. The van der Waals surface area contributed by atoms with Gasteiger partial charge in [-0.25, -0.2) is 8.78 Å². The van der Waals surface area contributed by atoms with Gasteiger partial charge in [0.25, 0.3) is 0 Å². The average Bonchev–Trinajstić information content (AvgIpc) is 2.48. The van der Waals surface area contributed by atoms with Crippen LogP contribution in [0.15, 0.2) is 48.5 Å². The summed E-state index contributed by atoms with van der Waals surface area (Å²) in [6.07, 6.45) is 0.767. The van der Waals surface area contributed by atoms with Crippen LogP contribution in [0.3, 0.4) is 0 Å². The lowest BCUT2D eigenvalue weighted by atomic mass is 10.1. The minimum Gasteiger partial charge on any atom is -0.313 e. The monoisotopic (exact) mass is 289 g/mol. The Hall–Kier alpha value is -2.23. The molecule has 0 saturated heterocycles. The molecule has 0 aliphatic rings. The molecule has 4 heteroatoms. The van der Waals surface area contributed by atoms with Crippen molar-refractivity contribution in [2.45, 2.75) is 19.8 Å². The quantitative estimate of drug-likeness (QED) is 0.816. The van der Waals surface area contributed by atoms with Crippen LogP contribution >= 0.6 is 0 Å². The summed E-state index contributed by atoms with van der Waals surface area (Å²) in [5.41, 5.74) is 1.46. The molecule has 0 N–H and O–H groups in total. The molecule has 21 heavy (non-hydrogen) atoms. The fourth-order valence-corrected chi connectivity index (χ4v) is 2.20. The van der Waals surface area contributed by atoms with E-state index in [0.29, 0.717) is 18.7 Å². The molecular formula is C17H17F2NO. The largest absolute Gasteiger partial charge is 0.313 e. The van der Waals surface area contributed by atoms with Crippen LogP contribution < -0.4 is 4.90 Å². The van der Waals surface area contributed by atoms with Crippen molar-refractivity contribution in [1.29, 1.82) is 0 Å². The van der Waals surface area contributed by atoms with E-state index in [1.165, 1.54) is 24.3 Å². The fraction of sp³-hybridized carbons (Fsp3) is 0.235. The van der Waals surface area contributed by atoms with E-state index >= 15 is 0 Å². The normalized spacial score (nSPS) is 10.4. The molecule has 2 aromatic rings. The molecular weight excluding hydrogens is 272 g/mol. The van der Waals surface area contributed by atoms with Crippen LogP contribution in [0.2, 0.25) is 0 Å². The molecule has 0 atom stereocenters. The van der Waals surface area contributed by atoms with Crippen molar-refractivity contribution >= 4 is 11.6 Å². The second-order valence-corrected chi connectivity index (χ2v) is 4.74. The third-order valence-corrected chi connectivity index (χ3v) is 3.27. The number of carbonyl (C=O) groups is 1. The van der Waals surface area contributed by atoms with Crippen LogP contribution in [0.5, 0.6) is 0 Å². The smallest absolute Gasteiger partial charge is 0.227 e. The number of hydrogen-bond acceptors (Lipinski definition) is 1. The highest BCUT2D eigenvalue weighted by Gasteiger charge is 2.13. The number of hydrogen-bond donors (Lipinski definition) is 0. The number of amides is 1. The lowest BCUT2D eigenvalue weighted by Crippen LogP contribution is -2.30. The number of carbonyl (C=O) groups excluding carboxylic acids is 1. The summed E-state index contributed by atoms with van der Waals surface area (Å²) < 4.78 is 26.0. The van der Waals surface area contributed by atoms with Gasteiger partial charge in [0.2, 0.25) is 5.91 Å².